The van der Waals surface area contributed by atoms with Crippen LogP contribution in [0.15, 0.2) is 30.3 Å². The zero-order valence-corrected chi connectivity index (χ0v) is 14.1. The molecule has 0 radical (unpaired) electrons. The van der Waals surface area contributed by atoms with Crippen molar-refractivity contribution in [2.45, 2.75) is 32.2 Å². The lowest BCUT2D eigenvalue weighted by atomic mass is 9.89. The van der Waals surface area contributed by atoms with E-state index in [4.69, 9.17) is 4.74 Å². The summed E-state index contributed by atoms with van der Waals surface area (Å²) in [5, 5.41) is 0. The van der Waals surface area contributed by atoms with Gasteiger partial charge in [-0.2, -0.15) is 0 Å². The molecular weight excluding hydrogens is 288 g/mol. The Labute approximate surface area is 139 Å². The average molecular weight is 316 g/mol. The number of piperidine rings is 1. The van der Waals surface area contributed by atoms with Crippen molar-refractivity contribution in [1.29, 1.82) is 0 Å². The first-order valence-electron chi connectivity index (χ1n) is 8.88. The molecule has 0 bridgehead atoms. The maximum atomic E-state index is 12.6. The van der Waals surface area contributed by atoms with Gasteiger partial charge in [0.25, 0.3) is 0 Å². The highest BCUT2D eigenvalue weighted by Gasteiger charge is 2.30. The highest BCUT2D eigenvalue weighted by molar-refractivity contribution is 5.81. The number of carbonyl (C=O) groups is 1. The Balaban J connectivity index is 1.47. The van der Waals surface area contributed by atoms with E-state index >= 15 is 0 Å². The first kappa shape index (κ1) is 16.5. The van der Waals surface area contributed by atoms with Crippen LogP contribution in [0.25, 0.3) is 0 Å². The Morgan fingerprint density at radius 1 is 1.13 bits per heavy atom. The van der Waals surface area contributed by atoms with Crippen molar-refractivity contribution in [1.82, 2.24) is 9.80 Å². The Morgan fingerprint density at radius 2 is 1.78 bits per heavy atom. The molecule has 126 valence electrons. The lowest BCUT2D eigenvalue weighted by Gasteiger charge is -2.38. The normalized spacial score (nSPS) is 22.0. The molecule has 4 nitrogen and oxygen atoms in total. The number of hydrogen-bond acceptors (Lipinski definition) is 3. The van der Waals surface area contributed by atoms with Crippen molar-refractivity contribution in [3.63, 3.8) is 0 Å². The largest absolute Gasteiger partial charge is 0.378 e. The van der Waals surface area contributed by atoms with Crippen LogP contribution < -0.4 is 0 Å². The van der Waals surface area contributed by atoms with E-state index in [0.29, 0.717) is 13.2 Å². The van der Waals surface area contributed by atoms with Gasteiger partial charge in [0.15, 0.2) is 0 Å². The average Bonchev–Trinajstić information content (AvgIpc) is 2.63. The van der Waals surface area contributed by atoms with Crippen molar-refractivity contribution >= 4 is 5.91 Å². The van der Waals surface area contributed by atoms with Crippen molar-refractivity contribution < 1.29 is 9.53 Å². The summed E-state index contributed by atoms with van der Waals surface area (Å²) in [5.41, 5.74) is 1.43. The van der Waals surface area contributed by atoms with Crippen LogP contribution in [-0.2, 0) is 16.0 Å². The molecule has 0 aliphatic carbocycles. The van der Waals surface area contributed by atoms with Crippen LogP contribution in [0.1, 0.15) is 25.3 Å². The van der Waals surface area contributed by atoms with E-state index in [2.05, 4.69) is 42.2 Å². The van der Waals surface area contributed by atoms with Crippen LogP contribution in [0.2, 0.25) is 0 Å². The topological polar surface area (TPSA) is 32.8 Å². The summed E-state index contributed by atoms with van der Waals surface area (Å²) < 4.78 is 5.34. The molecule has 0 saturated carbocycles. The maximum absolute atomic E-state index is 12.6. The summed E-state index contributed by atoms with van der Waals surface area (Å²) in [4.78, 5) is 16.9. The Kier molecular flexibility index (Phi) is 5.68. The third-order valence-corrected chi connectivity index (χ3v) is 5.24. The summed E-state index contributed by atoms with van der Waals surface area (Å²) in [6.45, 7) is 6.98. The Hall–Kier alpha value is -1.39. The summed E-state index contributed by atoms with van der Waals surface area (Å²) in [7, 11) is 0. The zero-order valence-electron chi connectivity index (χ0n) is 14.1. The third-order valence-electron chi connectivity index (χ3n) is 5.24. The number of ether oxygens (including phenoxy) is 1. The van der Waals surface area contributed by atoms with Crippen LogP contribution in [-0.4, -0.2) is 61.1 Å². The second kappa shape index (κ2) is 7.93. The summed E-state index contributed by atoms with van der Waals surface area (Å²) in [6.07, 6.45) is 3.55. The van der Waals surface area contributed by atoms with Crippen molar-refractivity contribution in [2.24, 2.45) is 5.92 Å². The standard InChI is InChI=1S/C19H28N2O2/c1-16(19(22)21-11-13-23-14-12-21)20-9-7-18(8-10-20)15-17-5-3-2-4-6-17/h2-6,16,18H,7-15H2,1H3/t16-/m1/s1. The molecule has 1 amide bonds. The molecule has 3 rings (SSSR count). The van der Waals surface area contributed by atoms with E-state index in [1.54, 1.807) is 0 Å². The smallest absolute Gasteiger partial charge is 0.239 e. The highest BCUT2D eigenvalue weighted by Crippen LogP contribution is 2.23. The fourth-order valence-corrected chi connectivity index (χ4v) is 3.70. The number of amides is 1. The molecule has 0 N–H and O–H groups in total. The molecule has 2 aliphatic rings. The van der Waals surface area contributed by atoms with E-state index in [1.165, 1.54) is 24.8 Å². The quantitative estimate of drug-likeness (QED) is 0.853. The number of carbonyl (C=O) groups excluding carboxylic acids is 1. The van der Waals surface area contributed by atoms with Gasteiger partial charge in [0.1, 0.15) is 0 Å². The lowest BCUT2D eigenvalue weighted by Crippen LogP contribution is -2.52. The molecule has 0 unspecified atom stereocenters. The van der Waals surface area contributed by atoms with Gasteiger partial charge in [0.2, 0.25) is 5.91 Å². The van der Waals surface area contributed by atoms with Gasteiger partial charge in [0.05, 0.1) is 19.3 Å². The molecule has 2 heterocycles. The predicted molar refractivity (Wildman–Crippen MR) is 91.3 cm³/mol. The van der Waals surface area contributed by atoms with E-state index < -0.39 is 0 Å². The minimum absolute atomic E-state index is 0.00535. The van der Waals surface area contributed by atoms with Crippen LogP contribution in [0, 0.1) is 5.92 Å². The molecular formula is C19H28N2O2. The van der Waals surface area contributed by atoms with Gasteiger partial charge in [-0.05, 0) is 50.8 Å². The van der Waals surface area contributed by atoms with E-state index in [-0.39, 0.29) is 11.9 Å². The van der Waals surface area contributed by atoms with Crippen molar-refractivity contribution in [2.75, 3.05) is 39.4 Å². The predicted octanol–water partition coefficient (Wildman–Crippen LogP) is 2.19. The number of rotatable bonds is 4. The molecule has 4 heteroatoms. The monoisotopic (exact) mass is 316 g/mol. The molecule has 2 aliphatic heterocycles. The molecule has 1 aromatic rings. The number of likely N-dealkylation sites (tertiary alicyclic amines) is 1. The number of hydrogen-bond donors (Lipinski definition) is 0. The van der Waals surface area contributed by atoms with Gasteiger partial charge in [-0.15, -0.1) is 0 Å². The Morgan fingerprint density at radius 3 is 2.43 bits per heavy atom. The molecule has 1 atom stereocenters. The van der Waals surface area contributed by atoms with Gasteiger partial charge in [-0.25, -0.2) is 0 Å². The van der Waals surface area contributed by atoms with Crippen LogP contribution in [0.5, 0.6) is 0 Å². The summed E-state index contributed by atoms with van der Waals surface area (Å²) in [5.74, 6) is 1.02. The zero-order chi connectivity index (χ0) is 16.1. The molecule has 2 saturated heterocycles. The van der Waals surface area contributed by atoms with Gasteiger partial charge in [0, 0.05) is 13.1 Å². The second-order valence-electron chi connectivity index (χ2n) is 6.78. The Bertz CT molecular complexity index is 491. The van der Waals surface area contributed by atoms with Crippen molar-refractivity contribution in [3.8, 4) is 0 Å². The first-order valence-corrected chi connectivity index (χ1v) is 8.88. The van der Waals surface area contributed by atoms with Crippen molar-refractivity contribution in [3.05, 3.63) is 35.9 Å². The van der Waals surface area contributed by atoms with Crippen LogP contribution in [0.3, 0.4) is 0 Å². The third kappa shape index (κ3) is 4.33. The van der Waals surface area contributed by atoms with Gasteiger partial charge in [-0.1, -0.05) is 30.3 Å². The maximum Gasteiger partial charge on any atom is 0.239 e. The molecule has 23 heavy (non-hydrogen) atoms. The van der Waals surface area contributed by atoms with Gasteiger partial charge >= 0.3 is 0 Å². The summed E-state index contributed by atoms with van der Waals surface area (Å²) in [6, 6.07) is 10.8. The SMILES string of the molecule is C[C@H](C(=O)N1CCOCC1)N1CCC(Cc2ccccc2)CC1. The fraction of sp³-hybridized carbons (Fsp3) is 0.632. The van der Waals surface area contributed by atoms with E-state index in [9.17, 15) is 4.79 Å². The van der Waals surface area contributed by atoms with Crippen LogP contribution in [0.4, 0.5) is 0 Å². The number of benzene rings is 1. The lowest BCUT2D eigenvalue weighted by molar-refractivity contribution is -0.141. The van der Waals surface area contributed by atoms with E-state index in [0.717, 1.165) is 32.1 Å². The molecule has 1 aromatic carbocycles. The van der Waals surface area contributed by atoms with Gasteiger partial charge in [-0.3, -0.25) is 9.69 Å². The molecule has 0 spiro atoms. The second-order valence-corrected chi connectivity index (χ2v) is 6.78. The highest BCUT2D eigenvalue weighted by atomic mass is 16.5. The summed E-state index contributed by atoms with van der Waals surface area (Å²) >= 11 is 0. The number of morpholine rings is 1. The number of nitrogens with zero attached hydrogens (tertiary/aromatic N) is 2. The first-order chi connectivity index (χ1) is 11.2. The molecule has 0 aromatic heterocycles. The van der Waals surface area contributed by atoms with Crippen LogP contribution >= 0.6 is 0 Å². The minimum Gasteiger partial charge on any atom is -0.378 e. The fourth-order valence-electron chi connectivity index (χ4n) is 3.70. The van der Waals surface area contributed by atoms with Gasteiger partial charge < -0.3 is 9.64 Å². The minimum atomic E-state index is 0.00535. The molecule has 2 fully saturated rings. The van der Waals surface area contributed by atoms with E-state index in [1.807, 2.05) is 4.90 Å².